The van der Waals surface area contributed by atoms with Crippen LogP contribution in [0, 0.1) is 0 Å². The van der Waals surface area contributed by atoms with Crippen LogP contribution in [0.4, 0.5) is 11.5 Å². The largest absolute Gasteiger partial charge is 0.384 e. The highest BCUT2D eigenvalue weighted by Gasteiger charge is 2.44. The molecule has 9 heteroatoms. The Hall–Kier alpha value is -3.75. The lowest BCUT2D eigenvalue weighted by Crippen LogP contribution is -2.54. The Labute approximate surface area is 166 Å². The van der Waals surface area contributed by atoms with Crippen molar-refractivity contribution in [2.45, 2.75) is 25.4 Å². The van der Waals surface area contributed by atoms with E-state index in [1.807, 2.05) is 18.0 Å². The summed E-state index contributed by atoms with van der Waals surface area (Å²) in [7, 11) is 1.86. The van der Waals surface area contributed by atoms with E-state index < -0.39 is 29.7 Å². The maximum Gasteiger partial charge on any atom is 0.262 e. The molecule has 0 aliphatic carbocycles. The molecule has 2 aliphatic rings. The number of nitrogens with one attached hydrogen (secondary N) is 1. The summed E-state index contributed by atoms with van der Waals surface area (Å²) in [4.78, 5) is 56.1. The Kier molecular flexibility index (Phi) is 4.50. The lowest BCUT2D eigenvalue weighted by Gasteiger charge is -2.27. The number of aromatic nitrogens is 1. The van der Waals surface area contributed by atoms with E-state index in [1.54, 1.807) is 30.5 Å². The second kappa shape index (κ2) is 7.01. The van der Waals surface area contributed by atoms with Crippen molar-refractivity contribution in [3.05, 3.63) is 53.2 Å². The van der Waals surface area contributed by atoms with E-state index in [9.17, 15) is 19.2 Å². The standard InChI is InChI=1S/C20H19N5O4/c1-24(10-11-2-6-16(21)22-9-11)12-3-4-13-14(8-12)20(29)25(19(13)28)15-5-7-17(26)23-18(15)27/h2-4,6,8-9,15H,5,7,10H2,1H3,(H2,21,22)(H,23,26,27). The number of fused-ring (bicyclic) bond motifs is 1. The highest BCUT2D eigenvalue weighted by Crippen LogP contribution is 2.30. The molecule has 148 valence electrons. The third-order valence-electron chi connectivity index (χ3n) is 5.13. The normalized spacial score (nSPS) is 18.7. The van der Waals surface area contributed by atoms with Crippen LogP contribution in [0.3, 0.4) is 0 Å². The number of carbonyl (C=O) groups is 4. The Morgan fingerprint density at radius 2 is 1.90 bits per heavy atom. The Morgan fingerprint density at radius 1 is 1.14 bits per heavy atom. The molecule has 1 aromatic carbocycles. The summed E-state index contributed by atoms with van der Waals surface area (Å²) in [5.74, 6) is -1.63. The Morgan fingerprint density at radius 3 is 2.59 bits per heavy atom. The number of nitrogens with zero attached hydrogens (tertiary/aromatic N) is 3. The van der Waals surface area contributed by atoms with Gasteiger partial charge in [-0.1, -0.05) is 6.07 Å². The van der Waals surface area contributed by atoms with Gasteiger partial charge in [0, 0.05) is 31.9 Å². The van der Waals surface area contributed by atoms with Gasteiger partial charge < -0.3 is 10.6 Å². The molecular weight excluding hydrogens is 374 g/mol. The number of hydrogen-bond donors (Lipinski definition) is 2. The number of anilines is 2. The lowest BCUT2D eigenvalue weighted by molar-refractivity contribution is -0.136. The SMILES string of the molecule is CN(Cc1ccc(N)nc1)c1ccc2c(c1)C(=O)N(C1CCC(=O)NC1=O)C2=O. The minimum Gasteiger partial charge on any atom is -0.384 e. The van der Waals surface area contributed by atoms with Crippen molar-refractivity contribution in [2.24, 2.45) is 0 Å². The molecule has 1 saturated heterocycles. The molecule has 0 saturated carbocycles. The maximum absolute atomic E-state index is 12.9. The molecule has 1 atom stereocenters. The monoisotopic (exact) mass is 393 g/mol. The molecule has 2 aliphatic heterocycles. The van der Waals surface area contributed by atoms with Crippen molar-refractivity contribution in [1.29, 1.82) is 0 Å². The summed E-state index contributed by atoms with van der Waals surface area (Å²) in [6.07, 6.45) is 1.90. The fourth-order valence-corrected chi connectivity index (χ4v) is 3.59. The molecule has 3 heterocycles. The van der Waals surface area contributed by atoms with Gasteiger partial charge in [-0.15, -0.1) is 0 Å². The van der Waals surface area contributed by atoms with Gasteiger partial charge in [-0.3, -0.25) is 29.4 Å². The van der Waals surface area contributed by atoms with Gasteiger partial charge in [0.05, 0.1) is 11.1 Å². The van der Waals surface area contributed by atoms with E-state index in [4.69, 9.17) is 5.73 Å². The molecule has 3 N–H and O–H groups in total. The van der Waals surface area contributed by atoms with Gasteiger partial charge in [0.2, 0.25) is 11.8 Å². The summed E-state index contributed by atoms with van der Waals surface area (Å²) in [5, 5.41) is 2.19. The fourth-order valence-electron chi connectivity index (χ4n) is 3.59. The van der Waals surface area contributed by atoms with Crippen molar-refractivity contribution in [2.75, 3.05) is 17.7 Å². The van der Waals surface area contributed by atoms with Crippen LogP contribution in [-0.2, 0) is 16.1 Å². The minimum atomic E-state index is -0.970. The highest BCUT2D eigenvalue weighted by atomic mass is 16.2. The molecule has 1 aromatic heterocycles. The number of nitrogens with two attached hydrogens (primary N) is 1. The van der Waals surface area contributed by atoms with E-state index >= 15 is 0 Å². The van der Waals surface area contributed by atoms with Crippen molar-refractivity contribution >= 4 is 35.1 Å². The number of carbonyl (C=O) groups excluding carboxylic acids is 4. The number of pyridine rings is 1. The zero-order chi connectivity index (χ0) is 20.7. The fraction of sp³-hybridized carbons (Fsp3) is 0.250. The topological polar surface area (TPSA) is 126 Å². The maximum atomic E-state index is 12.9. The Balaban J connectivity index is 1.57. The first-order valence-electron chi connectivity index (χ1n) is 9.12. The van der Waals surface area contributed by atoms with Crippen molar-refractivity contribution in [3.63, 3.8) is 0 Å². The van der Waals surface area contributed by atoms with Crippen LogP contribution >= 0.6 is 0 Å². The molecule has 4 amide bonds. The number of imide groups is 2. The van der Waals surface area contributed by atoms with E-state index in [0.29, 0.717) is 12.4 Å². The van der Waals surface area contributed by atoms with Gasteiger partial charge >= 0.3 is 0 Å². The summed E-state index contributed by atoms with van der Waals surface area (Å²) in [6, 6.07) is 7.60. The van der Waals surface area contributed by atoms with Gasteiger partial charge in [-0.2, -0.15) is 0 Å². The average molecular weight is 393 g/mol. The molecule has 29 heavy (non-hydrogen) atoms. The van der Waals surface area contributed by atoms with E-state index in [2.05, 4.69) is 10.3 Å². The molecule has 4 rings (SSSR count). The van der Waals surface area contributed by atoms with E-state index in [1.165, 1.54) is 0 Å². The quantitative estimate of drug-likeness (QED) is 0.733. The van der Waals surface area contributed by atoms with E-state index in [-0.39, 0.29) is 24.0 Å². The van der Waals surface area contributed by atoms with Crippen LogP contribution in [0.15, 0.2) is 36.5 Å². The zero-order valence-corrected chi connectivity index (χ0v) is 15.7. The highest BCUT2D eigenvalue weighted by molar-refractivity contribution is 6.23. The van der Waals surface area contributed by atoms with Crippen molar-refractivity contribution < 1.29 is 19.2 Å². The van der Waals surface area contributed by atoms with Gasteiger partial charge in [-0.05, 0) is 36.2 Å². The lowest BCUT2D eigenvalue weighted by atomic mass is 10.0. The van der Waals surface area contributed by atoms with E-state index in [0.717, 1.165) is 16.2 Å². The number of rotatable bonds is 4. The number of nitrogen functional groups attached to an aromatic ring is 1. The summed E-state index contributed by atoms with van der Waals surface area (Å²) >= 11 is 0. The zero-order valence-electron chi connectivity index (χ0n) is 15.7. The molecule has 9 nitrogen and oxygen atoms in total. The predicted molar refractivity (Wildman–Crippen MR) is 104 cm³/mol. The number of hydrogen-bond acceptors (Lipinski definition) is 7. The molecule has 2 aromatic rings. The van der Waals surface area contributed by atoms with Gasteiger partial charge in [0.1, 0.15) is 11.9 Å². The number of piperidine rings is 1. The number of amides is 4. The van der Waals surface area contributed by atoms with Gasteiger partial charge in [-0.25, -0.2) is 4.98 Å². The van der Waals surface area contributed by atoms with Crippen LogP contribution < -0.4 is 16.0 Å². The summed E-state index contributed by atoms with van der Waals surface area (Å²) in [6.45, 7) is 0.533. The van der Waals surface area contributed by atoms with Crippen LogP contribution in [0.5, 0.6) is 0 Å². The molecule has 1 fully saturated rings. The first kappa shape index (κ1) is 18.6. The Bertz CT molecular complexity index is 1030. The first-order valence-corrected chi connectivity index (χ1v) is 9.12. The first-order chi connectivity index (χ1) is 13.8. The minimum absolute atomic E-state index is 0.0907. The molecule has 1 unspecified atom stereocenters. The van der Waals surface area contributed by atoms with Crippen LogP contribution in [0.2, 0.25) is 0 Å². The molecule has 0 spiro atoms. The van der Waals surface area contributed by atoms with Gasteiger partial charge in [0.15, 0.2) is 0 Å². The molecular formula is C20H19N5O4. The third kappa shape index (κ3) is 3.31. The second-order valence-electron chi connectivity index (χ2n) is 7.12. The number of benzene rings is 1. The third-order valence-corrected chi connectivity index (χ3v) is 5.13. The molecule has 0 bridgehead atoms. The van der Waals surface area contributed by atoms with Crippen molar-refractivity contribution in [1.82, 2.24) is 15.2 Å². The summed E-state index contributed by atoms with van der Waals surface area (Å²) < 4.78 is 0. The summed E-state index contributed by atoms with van der Waals surface area (Å²) in [5.41, 5.74) is 7.79. The van der Waals surface area contributed by atoms with Crippen LogP contribution in [0.25, 0.3) is 0 Å². The average Bonchev–Trinajstić information content (AvgIpc) is 2.94. The van der Waals surface area contributed by atoms with Crippen LogP contribution in [0.1, 0.15) is 39.1 Å². The van der Waals surface area contributed by atoms with Gasteiger partial charge in [0.25, 0.3) is 11.8 Å². The predicted octanol–water partition coefficient (Wildman–Crippen LogP) is 0.701. The van der Waals surface area contributed by atoms with Crippen LogP contribution in [-0.4, -0.2) is 46.6 Å². The second-order valence-corrected chi connectivity index (χ2v) is 7.12. The smallest absolute Gasteiger partial charge is 0.262 e. The van der Waals surface area contributed by atoms with Crippen molar-refractivity contribution in [3.8, 4) is 0 Å². The molecule has 0 radical (unpaired) electrons.